The highest BCUT2D eigenvalue weighted by Gasteiger charge is 2.40. The number of amides is 14. The quantitative estimate of drug-likeness (QED) is 0.0444. The van der Waals surface area contributed by atoms with Crippen molar-refractivity contribution in [3.05, 3.63) is 242 Å². The molecule has 6 aliphatic heterocycles. The molecule has 0 saturated heterocycles. The summed E-state index contributed by atoms with van der Waals surface area (Å²) in [5.74, 6) is -9.45. The predicted molar refractivity (Wildman–Crippen MR) is 455 cm³/mol. The van der Waals surface area contributed by atoms with Crippen LogP contribution in [0.1, 0.15) is 83.0 Å². The van der Waals surface area contributed by atoms with Crippen LogP contribution < -0.4 is 70.7 Å². The highest BCUT2D eigenvalue weighted by Crippen LogP contribution is 2.40. The molecule has 33 nitrogen and oxygen atoms in total. The van der Waals surface area contributed by atoms with Gasteiger partial charge in [-0.15, -0.1) is 0 Å². The van der Waals surface area contributed by atoms with Crippen LogP contribution in [0.25, 0.3) is 32.7 Å². The van der Waals surface area contributed by atoms with E-state index >= 15 is 0 Å². The third-order valence-corrected chi connectivity index (χ3v) is 21.9. The first kappa shape index (κ1) is 84.3. The van der Waals surface area contributed by atoms with Crippen molar-refractivity contribution >= 4 is 194 Å². The molecule has 0 saturated carbocycles. The molecule has 620 valence electrons. The fourth-order valence-electron chi connectivity index (χ4n) is 14.3. The van der Waals surface area contributed by atoms with Gasteiger partial charge in [-0.25, -0.2) is 47.4 Å². The monoisotopic (exact) mass is 1670 g/mol. The Morgan fingerprint density at radius 2 is 0.705 bits per heavy atom. The number of hydrogen-bond donors (Lipinski definition) is 3. The van der Waals surface area contributed by atoms with Gasteiger partial charge in [0.1, 0.15) is 22.3 Å². The van der Waals surface area contributed by atoms with Crippen LogP contribution in [0.5, 0.6) is 0 Å². The second kappa shape index (κ2) is 33.4. The van der Waals surface area contributed by atoms with E-state index in [1.807, 2.05) is 71.0 Å². The van der Waals surface area contributed by atoms with E-state index in [2.05, 4.69) is 25.2 Å². The molecular weight excluding hydrogens is 1590 g/mol. The number of sulfonamides is 1. The minimum absolute atomic E-state index is 0.000461. The summed E-state index contributed by atoms with van der Waals surface area (Å²) < 4.78 is 45.8. The van der Waals surface area contributed by atoms with Crippen molar-refractivity contribution in [2.45, 2.75) is 67.2 Å². The van der Waals surface area contributed by atoms with Crippen LogP contribution >= 0.6 is 0 Å². The summed E-state index contributed by atoms with van der Waals surface area (Å²) in [6.07, 6.45) is 6.80. The third kappa shape index (κ3) is 16.1. The lowest BCUT2D eigenvalue weighted by Gasteiger charge is -2.22. The topological polar surface area (TPSA) is 408 Å². The zero-order chi connectivity index (χ0) is 88.1. The molecule has 2 aromatic heterocycles. The van der Waals surface area contributed by atoms with E-state index in [-0.39, 0.29) is 101 Å². The average molecular weight is 1670 g/mol. The third-order valence-electron chi connectivity index (χ3n) is 20.5. The van der Waals surface area contributed by atoms with E-state index in [1.165, 1.54) is 115 Å². The second-order valence-corrected chi connectivity index (χ2v) is 30.3. The second-order valence-electron chi connectivity index (χ2n) is 28.7. The maximum atomic E-state index is 13.7. The molecule has 0 atom stereocenters. The van der Waals surface area contributed by atoms with Gasteiger partial charge in [0.2, 0.25) is 0 Å². The Labute approximate surface area is 694 Å². The molecule has 0 unspecified atom stereocenters. The van der Waals surface area contributed by atoms with E-state index in [4.69, 9.17) is 13.6 Å². The van der Waals surface area contributed by atoms with Gasteiger partial charge in [0.05, 0.1) is 57.9 Å². The summed E-state index contributed by atoms with van der Waals surface area (Å²) in [4.78, 5) is 215. The van der Waals surface area contributed by atoms with Crippen molar-refractivity contribution in [3.63, 3.8) is 0 Å². The maximum Gasteiger partial charge on any atom is 0.349 e. The number of anilines is 12. The van der Waals surface area contributed by atoms with Crippen LogP contribution in [0.15, 0.2) is 233 Å². The zero-order valence-electron chi connectivity index (χ0n) is 67.6. The highest BCUT2D eigenvalue weighted by atomic mass is 32.2. The number of fused-ring (bicyclic) bond motifs is 3. The largest absolute Gasteiger partial charge is 0.491 e. The molecule has 0 bridgehead atoms. The molecule has 122 heavy (non-hydrogen) atoms. The normalized spacial score (nSPS) is 15.3. The first-order valence-corrected chi connectivity index (χ1v) is 39.4. The maximum absolute atomic E-state index is 13.7. The Morgan fingerprint density at radius 3 is 1.02 bits per heavy atom. The van der Waals surface area contributed by atoms with Crippen LogP contribution in [0, 0.1) is 0 Å². The molecule has 3 N–H and O–H groups in total. The lowest BCUT2D eigenvalue weighted by Crippen LogP contribution is -2.33. The van der Waals surface area contributed by atoms with Crippen LogP contribution in [-0.4, -0.2) is 139 Å². The van der Waals surface area contributed by atoms with Gasteiger partial charge in [0.25, 0.3) is 86.8 Å². The average Bonchev–Trinajstić information content (AvgIpc) is 1.44. The fourth-order valence-corrected chi connectivity index (χ4v) is 15.6. The van der Waals surface area contributed by atoms with E-state index in [0.717, 1.165) is 114 Å². The molecule has 0 spiro atoms. The van der Waals surface area contributed by atoms with Crippen molar-refractivity contribution in [2.75, 3.05) is 107 Å². The number of hydrogen-bond acceptors (Lipinski definition) is 24. The van der Waals surface area contributed by atoms with Crippen molar-refractivity contribution in [3.8, 4) is 0 Å². The van der Waals surface area contributed by atoms with Crippen LogP contribution in [0.3, 0.4) is 0 Å². The molecule has 0 radical (unpaired) electrons. The summed E-state index contributed by atoms with van der Waals surface area (Å²) in [5.41, 5.74) is 1.89. The Balaban J connectivity index is 0.000000158. The summed E-state index contributed by atoms with van der Waals surface area (Å²) in [6, 6.07) is 35.6. The number of rotatable bonds is 21. The number of nitrogens with one attached hydrogen (secondary N) is 3. The van der Waals surface area contributed by atoms with Gasteiger partial charge in [-0.1, -0.05) is 24.3 Å². The highest BCUT2D eigenvalue weighted by molar-refractivity contribution is 7.93. The summed E-state index contributed by atoms with van der Waals surface area (Å²) in [6.45, 7) is 18.5. The Bertz CT molecular complexity index is 6520. The number of carbonyl (C=O) groups is 14. The zero-order valence-corrected chi connectivity index (χ0v) is 68.4. The van der Waals surface area contributed by atoms with Gasteiger partial charge >= 0.3 is 17.2 Å². The number of imide groups is 6. The molecule has 34 heteroatoms. The van der Waals surface area contributed by atoms with Gasteiger partial charge < -0.3 is 38.9 Å². The van der Waals surface area contributed by atoms with Gasteiger partial charge in [0.15, 0.2) is 5.76 Å². The van der Waals surface area contributed by atoms with Crippen LogP contribution in [0.4, 0.5) is 68.2 Å². The standard InChI is InChI=1S/C30H26N4O8.C30H26N4O7.C28H24N4O6S/c1-5-32(6-2)19-8-7-17-10-22(30(40)42-23(17)14-19)27(37)31-18-11-20(33-25(35)9-16(3)28(33)38)13-21(12-18)34-26(36)15-24(41-4)29(34)39;1-5-32(6-2)20-8-7-18-11-23(30(40)41-24(18)15-20)27(37)31-19-12-21(33-25(35)9-16(3)28(33)38)14-22(13-19)34-26(36)10-17(4)29(34)39;1-16-11-25(33)31(27(16)35)19-13-18(14-20(15-19)32-26(34)12-17(2)28(32)36)29-39(37,38)24-10-6-7-21-22(24)8-5-9-23(21)30(3)4/h7-15H,5-6H2,1-4H3,(H,31,37);7-15H,5-6H2,1-4H3,(H,31,37);5-15,29H,1-4H3. The molecule has 14 amide bonds. The molecule has 7 aromatic carbocycles. The van der Waals surface area contributed by atoms with Crippen molar-refractivity contribution < 1.29 is 89.1 Å². The number of nitrogens with zero attached hydrogens (tertiary/aromatic N) is 9. The minimum atomic E-state index is -4.21. The molecule has 15 rings (SSSR count). The SMILES string of the molecule is CC1=CC(=O)N(c2cc(NS(=O)(=O)c3cccc4c(N(C)C)cccc34)cc(N3C(=O)C=C(C)C3=O)c2)C1=O.CCN(CC)c1ccc2cc(C(=O)Nc3cc(N4C(=O)C=C(C)C4=O)cc(N4C(=O)C=C(C)C4=O)c3)c(=O)oc2c1.CCN(CC)c1ccc2cc(C(=O)Nc3cc(N4C(=O)C=C(C)C4=O)cc(N4C(=O)C=C(OC)C4=O)c3)c(=O)oc2c1. The predicted octanol–water partition coefficient (Wildman–Crippen LogP) is 9.99. The van der Waals surface area contributed by atoms with Crippen LogP contribution in [0.2, 0.25) is 0 Å². The first-order chi connectivity index (χ1) is 58.0. The number of methoxy groups -OCH3 is 1. The number of ether oxygens (including phenoxy) is 1. The Kier molecular flexibility index (Phi) is 23.1. The van der Waals surface area contributed by atoms with Crippen molar-refractivity contribution in [1.29, 1.82) is 0 Å². The van der Waals surface area contributed by atoms with E-state index in [9.17, 15) is 85.1 Å². The molecule has 8 heterocycles. The van der Waals surface area contributed by atoms with E-state index in [1.54, 1.807) is 42.5 Å². The van der Waals surface area contributed by atoms with Crippen molar-refractivity contribution in [1.82, 2.24) is 0 Å². The minimum Gasteiger partial charge on any atom is -0.491 e. The molecule has 9 aromatic rings. The number of carbonyl (C=O) groups excluding carboxylic acids is 14. The summed E-state index contributed by atoms with van der Waals surface area (Å²) in [5, 5.41) is 7.41. The lowest BCUT2D eigenvalue weighted by molar-refractivity contribution is -0.122. The molecule has 0 fully saturated rings. The van der Waals surface area contributed by atoms with E-state index in [0.29, 0.717) is 27.3 Å². The fraction of sp³-hybridized carbons (Fsp3) is 0.182. The van der Waals surface area contributed by atoms with Crippen molar-refractivity contribution in [2.24, 2.45) is 0 Å². The molecule has 0 aliphatic carbocycles. The Morgan fingerprint density at radius 1 is 0.385 bits per heavy atom. The number of benzene rings is 7. The summed E-state index contributed by atoms with van der Waals surface area (Å²) >= 11 is 0. The van der Waals surface area contributed by atoms with Gasteiger partial charge in [0, 0.05) is 161 Å². The smallest absolute Gasteiger partial charge is 0.349 e. The van der Waals surface area contributed by atoms with E-state index < -0.39 is 104 Å². The first-order valence-electron chi connectivity index (χ1n) is 37.9. The van der Waals surface area contributed by atoms with Crippen LogP contribution in [-0.2, 0) is 72.3 Å². The molecular formula is C88H76N12O21S. The lowest BCUT2D eigenvalue weighted by atomic mass is 10.1. The van der Waals surface area contributed by atoms with Gasteiger partial charge in [-0.05, 0) is 165 Å². The van der Waals surface area contributed by atoms with Gasteiger partial charge in [-0.2, -0.15) is 0 Å². The summed E-state index contributed by atoms with van der Waals surface area (Å²) in [7, 11) is 0.739. The molecule has 6 aliphatic rings. The van der Waals surface area contributed by atoms with Gasteiger partial charge in [-0.3, -0.25) is 71.8 Å². The Hall–Kier alpha value is -15.6.